The predicted molar refractivity (Wildman–Crippen MR) is 128 cm³/mol. The van der Waals surface area contributed by atoms with E-state index in [0.29, 0.717) is 42.3 Å². The van der Waals surface area contributed by atoms with Gasteiger partial charge in [0.1, 0.15) is 18.1 Å². The van der Waals surface area contributed by atoms with Gasteiger partial charge in [-0.1, -0.05) is 29.4 Å². The summed E-state index contributed by atoms with van der Waals surface area (Å²) in [6.45, 7) is 7.67. The van der Waals surface area contributed by atoms with Crippen molar-refractivity contribution in [2.75, 3.05) is 25.5 Å². The van der Waals surface area contributed by atoms with Crippen LogP contribution in [0.25, 0.3) is 11.4 Å². The van der Waals surface area contributed by atoms with Crippen LogP contribution in [-0.4, -0.2) is 46.2 Å². The lowest BCUT2D eigenvalue weighted by Gasteiger charge is -2.09. The Morgan fingerprint density at radius 1 is 1.12 bits per heavy atom. The minimum absolute atomic E-state index is 0.105. The summed E-state index contributed by atoms with van der Waals surface area (Å²) in [5.41, 5.74) is 0.895. The number of nitrogens with one attached hydrogen (secondary N) is 1. The molecule has 0 saturated heterocycles. The molecular weight excluding hydrogens is 448 g/mol. The van der Waals surface area contributed by atoms with Crippen molar-refractivity contribution in [3.8, 4) is 22.9 Å². The number of allylic oxidation sites excluding steroid dienone is 1. The summed E-state index contributed by atoms with van der Waals surface area (Å²) < 4.78 is 13.0. The molecular formula is C23H25ClN4O3S. The smallest absolute Gasteiger partial charge is 0.230 e. The standard InChI is InChI=1S/C23H25ClN4O3S/c1-3-14-28-22(17-5-7-18(24)8-6-17)26-27-23(28)32-16-21(29)25-13-15-31-20-11-9-19(10-12-20)30-4-2/h3,5-12H,1,4,13-16H2,2H3,(H,25,29). The molecule has 1 aromatic heterocycles. The number of thioether (sulfide) groups is 1. The van der Waals surface area contributed by atoms with Gasteiger partial charge in [-0.25, -0.2) is 0 Å². The van der Waals surface area contributed by atoms with E-state index in [0.717, 1.165) is 17.1 Å². The Morgan fingerprint density at radius 3 is 2.47 bits per heavy atom. The van der Waals surface area contributed by atoms with E-state index in [2.05, 4.69) is 22.1 Å². The van der Waals surface area contributed by atoms with Crippen LogP contribution < -0.4 is 14.8 Å². The van der Waals surface area contributed by atoms with Gasteiger partial charge in [-0.2, -0.15) is 0 Å². The molecule has 0 aliphatic heterocycles. The summed E-state index contributed by atoms with van der Waals surface area (Å²) in [5, 5.41) is 12.7. The molecule has 0 spiro atoms. The van der Waals surface area contributed by atoms with Gasteiger partial charge in [0.15, 0.2) is 11.0 Å². The van der Waals surface area contributed by atoms with E-state index in [1.165, 1.54) is 11.8 Å². The number of hydrogen-bond acceptors (Lipinski definition) is 6. The van der Waals surface area contributed by atoms with Crippen LogP contribution in [-0.2, 0) is 11.3 Å². The summed E-state index contributed by atoms with van der Waals surface area (Å²) in [5.74, 6) is 2.34. The molecule has 0 bridgehead atoms. The van der Waals surface area contributed by atoms with Crippen molar-refractivity contribution in [2.45, 2.75) is 18.6 Å². The number of benzene rings is 2. The highest BCUT2D eigenvalue weighted by Crippen LogP contribution is 2.25. The molecule has 2 aromatic carbocycles. The first kappa shape index (κ1) is 23.7. The van der Waals surface area contributed by atoms with Crippen molar-refractivity contribution in [3.63, 3.8) is 0 Å². The Morgan fingerprint density at radius 2 is 1.81 bits per heavy atom. The molecule has 7 nitrogen and oxygen atoms in total. The third-order valence-electron chi connectivity index (χ3n) is 4.29. The van der Waals surface area contributed by atoms with Crippen molar-refractivity contribution in [2.24, 2.45) is 0 Å². The molecule has 0 aliphatic carbocycles. The summed E-state index contributed by atoms with van der Waals surface area (Å²) in [4.78, 5) is 12.2. The van der Waals surface area contributed by atoms with Gasteiger partial charge >= 0.3 is 0 Å². The van der Waals surface area contributed by atoms with Crippen LogP contribution in [0.3, 0.4) is 0 Å². The molecule has 32 heavy (non-hydrogen) atoms. The monoisotopic (exact) mass is 472 g/mol. The third-order valence-corrected chi connectivity index (χ3v) is 5.51. The van der Waals surface area contributed by atoms with Crippen LogP contribution in [0.4, 0.5) is 0 Å². The molecule has 168 valence electrons. The number of carbonyl (C=O) groups is 1. The van der Waals surface area contributed by atoms with Gasteiger partial charge in [-0.15, -0.1) is 16.8 Å². The molecule has 0 radical (unpaired) electrons. The van der Waals surface area contributed by atoms with Crippen LogP contribution >= 0.6 is 23.4 Å². The zero-order chi connectivity index (χ0) is 22.8. The number of rotatable bonds is 12. The van der Waals surface area contributed by atoms with Crippen molar-refractivity contribution < 1.29 is 14.3 Å². The van der Waals surface area contributed by atoms with Crippen LogP contribution in [0.2, 0.25) is 5.02 Å². The molecule has 0 atom stereocenters. The number of hydrogen-bond donors (Lipinski definition) is 1. The third kappa shape index (κ3) is 6.77. The maximum atomic E-state index is 12.2. The summed E-state index contributed by atoms with van der Waals surface area (Å²) in [6.07, 6.45) is 1.77. The van der Waals surface area contributed by atoms with E-state index in [1.807, 2.05) is 47.9 Å². The predicted octanol–water partition coefficient (Wildman–Crippen LogP) is 4.47. The van der Waals surface area contributed by atoms with Gasteiger partial charge in [0.25, 0.3) is 0 Å². The van der Waals surface area contributed by atoms with Gasteiger partial charge in [0.05, 0.1) is 18.9 Å². The fraction of sp³-hybridized carbons (Fsp3) is 0.261. The van der Waals surface area contributed by atoms with E-state index in [4.69, 9.17) is 21.1 Å². The summed E-state index contributed by atoms with van der Waals surface area (Å²) >= 11 is 7.30. The number of carbonyl (C=O) groups excluding carboxylic acids is 1. The fourth-order valence-corrected chi connectivity index (χ4v) is 3.74. The second-order valence-electron chi connectivity index (χ2n) is 6.60. The Balaban J connectivity index is 1.47. The van der Waals surface area contributed by atoms with E-state index < -0.39 is 0 Å². The Bertz CT molecular complexity index is 1020. The normalized spacial score (nSPS) is 10.6. The lowest BCUT2D eigenvalue weighted by molar-refractivity contribution is -0.118. The van der Waals surface area contributed by atoms with Crippen LogP contribution in [0, 0.1) is 0 Å². The maximum absolute atomic E-state index is 12.2. The average Bonchev–Trinajstić information content (AvgIpc) is 3.20. The molecule has 1 heterocycles. The van der Waals surface area contributed by atoms with E-state index >= 15 is 0 Å². The van der Waals surface area contributed by atoms with Gasteiger partial charge < -0.3 is 14.8 Å². The number of amides is 1. The van der Waals surface area contributed by atoms with E-state index in [1.54, 1.807) is 18.2 Å². The van der Waals surface area contributed by atoms with E-state index in [9.17, 15) is 4.79 Å². The second kappa shape index (κ2) is 12.2. The number of ether oxygens (including phenoxy) is 2. The Hall–Kier alpha value is -2.97. The molecule has 1 N–H and O–H groups in total. The molecule has 0 unspecified atom stereocenters. The van der Waals surface area contributed by atoms with Crippen molar-refractivity contribution in [3.05, 3.63) is 66.2 Å². The van der Waals surface area contributed by atoms with Gasteiger partial charge in [0.2, 0.25) is 5.91 Å². The topological polar surface area (TPSA) is 78.3 Å². The summed E-state index contributed by atoms with van der Waals surface area (Å²) in [7, 11) is 0. The van der Waals surface area contributed by atoms with Crippen molar-refractivity contribution >= 4 is 29.3 Å². The highest BCUT2D eigenvalue weighted by molar-refractivity contribution is 7.99. The van der Waals surface area contributed by atoms with Crippen LogP contribution in [0.15, 0.2) is 66.3 Å². The van der Waals surface area contributed by atoms with Gasteiger partial charge in [-0.3, -0.25) is 9.36 Å². The van der Waals surface area contributed by atoms with Crippen LogP contribution in [0.1, 0.15) is 6.92 Å². The minimum Gasteiger partial charge on any atom is -0.494 e. The first-order chi connectivity index (χ1) is 15.6. The molecule has 1 amide bonds. The van der Waals surface area contributed by atoms with Gasteiger partial charge in [0, 0.05) is 17.1 Å². The second-order valence-corrected chi connectivity index (χ2v) is 7.98. The first-order valence-electron chi connectivity index (χ1n) is 10.2. The number of halogens is 1. The minimum atomic E-state index is -0.105. The Labute approximate surface area is 196 Å². The zero-order valence-electron chi connectivity index (χ0n) is 17.8. The summed E-state index contributed by atoms with van der Waals surface area (Å²) in [6, 6.07) is 14.8. The molecule has 0 fully saturated rings. The Kier molecular flexibility index (Phi) is 9.01. The average molecular weight is 473 g/mol. The number of nitrogens with zero attached hydrogens (tertiary/aromatic N) is 3. The first-order valence-corrected chi connectivity index (χ1v) is 11.5. The lowest BCUT2D eigenvalue weighted by atomic mass is 10.2. The van der Waals surface area contributed by atoms with Crippen molar-refractivity contribution in [1.29, 1.82) is 0 Å². The molecule has 0 saturated carbocycles. The van der Waals surface area contributed by atoms with Crippen LogP contribution in [0.5, 0.6) is 11.5 Å². The zero-order valence-corrected chi connectivity index (χ0v) is 19.4. The molecule has 0 aliphatic rings. The van der Waals surface area contributed by atoms with Crippen molar-refractivity contribution in [1.82, 2.24) is 20.1 Å². The highest BCUT2D eigenvalue weighted by Gasteiger charge is 2.15. The largest absolute Gasteiger partial charge is 0.494 e. The highest BCUT2D eigenvalue weighted by atomic mass is 35.5. The SMILES string of the molecule is C=CCn1c(SCC(=O)NCCOc2ccc(OCC)cc2)nnc1-c1ccc(Cl)cc1. The maximum Gasteiger partial charge on any atom is 0.230 e. The molecule has 9 heteroatoms. The quantitative estimate of drug-likeness (QED) is 0.238. The lowest BCUT2D eigenvalue weighted by Crippen LogP contribution is -2.29. The molecule has 3 aromatic rings. The fourth-order valence-electron chi connectivity index (χ4n) is 2.84. The van der Waals surface area contributed by atoms with Gasteiger partial charge in [-0.05, 0) is 55.5 Å². The number of aromatic nitrogens is 3. The molecule has 3 rings (SSSR count). The van der Waals surface area contributed by atoms with E-state index in [-0.39, 0.29) is 11.7 Å².